The molecule has 0 spiro atoms. The fourth-order valence-corrected chi connectivity index (χ4v) is 2.69. The van der Waals surface area contributed by atoms with Crippen molar-refractivity contribution in [1.29, 1.82) is 0 Å². The summed E-state index contributed by atoms with van der Waals surface area (Å²) in [5, 5.41) is 0. The molecule has 1 atom stereocenters. The molecule has 16 heavy (non-hydrogen) atoms. The highest BCUT2D eigenvalue weighted by Crippen LogP contribution is 2.25. The van der Waals surface area contributed by atoms with Crippen molar-refractivity contribution in [3.63, 3.8) is 0 Å². The van der Waals surface area contributed by atoms with Crippen molar-refractivity contribution in [3.8, 4) is 0 Å². The second-order valence-corrected chi connectivity index (χ2v) is 4.85. The maximum absolute atomic E-state index is 5.54. The Balaban J connectivity index is 1.72. The average molecular weight is 221 g/mol. The third kappa shape index (κ3) is 3.16. The number of hydrogen-bond donors (Lipinski definition) is 1. The van der Waals surface area contributed by atoms with Crippen LogP contribution in [0.25, 0.3) is 0 Å². The molecule has 2 aliphatic rings. The van der Waals surface area contributed by atoms with Crippen LogP contribution in [0, 0.1) is 5.92 Å². The van der Waals surface area contributed by atoms with E-state index >= 15 is 0 Å². The largest absolute Gasteiger partial charge is 0.330 e. The molecule has 90 valence electrons. The molecule has 0 aromatic carbocycles. The van der Waals surface area contributed by atoms with Gasteiger partial charge in [-0.1, -0.05) is 6.08 Å². The molecule has 2 aliphatic heterocycles. The summed E-state index contributed by atoms with van der Waals surface area (Å²) in [4.78, 5) is 7.14. The molecule has 1 saturated heterocycles. The van der Waals surface area contributed by atoms with Crippen LogP contribution in [0.3, 0.4) is 0 Å². The van der Waals surface area contributed by atoms with Crippen LogP contribution in [0.1, 0.15) is 25.7 Å². The zero-order chi connectivity index (χ0) is 11.2. The van der Waals surface area contributed by atoms with E-state index in [1.54, 1.807) is 0 Å². The van der Waals surface area contributed by atoms with Crippen LogP contribution in [0.2, 0.25) is 0 Å². The van der Waals surface area contributed by atoms with Crippen LogP contribution in [-0.4, -0.2) is 43.3 Å². The lowest BCUT2D eigenvalue weighted by molar-refractivity contribution is 0.169. The van der Waals surface area contributed by atoms with Crippen LogP contribution in [0.15, 0.2) is 17.1 Å². The fourth-order valence-electron chi connectivity index (χ4n) is 2.69. The summed E-state index contributed by atoms with van der Waals surface area (Å²) < 4.78 is 0. The summed E-state index contributed by atoms with van der Waals surface area (Å²) in [7, 11) is 0. The van der Waals surface area contributed by atoms with Crippen molar-refractivity contribution in [3.05, 3.63) is 12.2 Å². The first-order valence-electron chi connectivity index (χ1n) is 6.51. The first-order valence-corrected chi connectivity index (χ1v) is 6.51. The van der Waals surface area contributed by atoms with E-state index in [0.717, 1.165) is 25.3 Å². The van der Waals surface area contributed by atoms with E-state index in [-0.39, 0.29) is 0 Å². The molecule has 0 bridgehead atoms. The van der Waals surface area contributed by atoms with E-state index in [1.807, 2.05) is 6.21 Å². The van der Waals surface area contributed by atoms with Crippen molar-refractivity contribution in [1.82, 2.24) is 4.90 Å². The van der Waals surface area contributed by atoms with Crippen molar-refractivity contribution < 1.29 is 0 Å². The van der Waals surface area contributed by atoms with Gasteiger partial charge in [-0.05, 0) is 63.9 Å². The van der Waals surface area contributed by atoms with Gasteiger partial charge in [-0.2, -0.15) is 0 Å². The Kier molecular flexibility index (Phi) is 4.55. The topological polar surface area (TPSA) is 41.6 Å². The zero-order valence-corrected chi connectivity index (χ0v) is 10.0. The van der Waals surface area contributed by atoms with E-state index in [9.17, 15) is 0 Å². The molecule has 2 heterocycles. The summed E-state index contributed by atoms with van der Waals surface area (Å²) in [6, 6.07) is 0.557. The zero-order valence-electron chi connectivity index (χ0n) is 10.0. The standard InChI is InChI=1S/C13H23N3/c14-7-3-9-16-10-5-12(6-11-16)13-4-1-2-8-15-13/h1-2,8,12-13H,3-7,9-11,14H2. The van der Waals surface area contributed by atoms with Crippen molar-refractivity contribution >= 4 is 6.21 Å². The van der Waals surface area contributed by atoms with Crippen LogP contribution in [0.4, 0.5) is 0 Å². The quantitative estimate of drug-likeness (QED) is 0.780. The number of aliphatic imine (C=N–C) groups is 1. The van der Waals surface area contributed by atoms with Crippen molar-refractivity contribution in [2.24, 2.45) is 16.6 Å². The first-order chi connectivity index (χ1) is 7.90. The molecule has 0 radical (unpaired) electrons. The van der Waals surface area contributed by atoms with E-state index < -0.39 is 0 Å². The van der Waals surface area contributed by atoms with E-state index in [1.165, 1.54) is 32.5 Å². The monoisotopic (exact) mass is 221 g/mol. The van der Waals surface area contributed by atoms with E-state index in [0.29, 0.717) is 6.04 Å². The second kappa shape index (κ2) is 6.16. The normalized spacial score (nSPS) is 27.4. The van der Waals surface area contributed by atoms with Gasteiger partial charge >= 0.3 is 0 Å². The summed E-state index contributed by atoms with van der Waals surface area (Å²) in [5.41, 5.74) is 5.54. The van der Waals surface area contributed by atoms with Gasteiger partial charge in [0.15, 0.2) is 0 Å². The summed E-state index contributed by atoms with van der Waals surface area (Å²) in [6.07, 6.45) is 11.2. The number of rotatable bonds is 4. The number of nitrogens with zero attached hydrogens (tertiary/aromatic N) is 2. The van der Waals surface area contributed by atoms with Crippen LogP contribution in [0.5, 0.6) is 0 Å². The predicted octanol–water partition coefficient (Wildman–Crippen LogP) is 1.45. The molecular formula is C13H23N3. The number of allylic oxidation sites excluding steroid dienone is 1. The molecule has 2 rings (SSSR count). The Bertz CT molecular complexity index is 252. The van der Waals surface area contributed by atoms with E-state index in [4.69, 9.17) is 5.73 Å². The lowest BCUT2D eigenvalue weighted by Crippen LogP contribution is -2.38. The Morgan fingerprint density at radius 3 is 2.75 bits per heavy atom. The SMILES string of the molecule is NCCCN1CCC(C2CC=CC=N2)CC1. The smallest absolute Gasteiger partial charge is 0.0563 e. The number of dihydropyridines is 1. The molecule has 0 aromatic rings. The van der Waals surface area contributed by atoms with Gasteiger partial charge in [-0.3, -0.25) is 4.99 Å². The fraction of sp³-hybridized carbons (Fsp3) is 0.769. The average Bonchev–Trinajstić information content (AvgIpc) is 2.38. The number of hydrogen-bond acceptors (Lipinski definition) is 3. The highest BCUT2D eigenvalue weighted by Gasteiger charge is 2.25. The van der Waals surface area contributed by atoms with E-state index in [2.05, 4.69) is 22.0 Å². The summed E-state index contributed by atoms with van der Waals surface area (Å²) in [5.74, 6) is 0.801. The number of nitrogens with two attached hydrogens (primary N) is 1. The minimum Gasteiger partial charge on any atom is -0.330 e. The maximum atomic E-state index is 5.54. The van der Waals surface area contributed by atoms with Gasteiger partial charge in [0.25, 0.3) is 0 Å². The lowest BCUT2D eigenvalue weighted by atomic mass is 9.87. The van der Waals surface area contributed by atoms with Crippen LogP contribution < -0.4 is 5.73 Å². The predicted molar refractivity (Wildman–Crippen MR) is 68.9 cm³/mol. The molecule has 1 fully saturated rings. The molecule has 1 unspecified atom stereocenters. The van der Waals surface area contributed by atoms with Crippen molar-refractivity contribution in [2.75, 3.05) is 26.2 Å². The first kappa shape index (κ1) is 11.8. The molecular weight excluding hydrogens is 198 g/mol. The van der Waals surface area contributed by atoms with Gasteiger partial charge in [0.1, 0.15) is 0 Å². The van der Waals surface area contributed by atoms with Crippen LogP contribution in [-0.2, 0) is 0 Å². The molecule has 3 nitrogen and oxygen atoms in total. The molecule has 3 heteroatoms. The summed E-state index contributed by atoms with van der Waals surface area (Å²) >= 11 is 0. The van der Waals surface area contributed by atoms with Gasteiger partial charge < -0.3 is 10.6 Å². The molecule has 0 amide bonds. The molecule has 0 aromatic heterocycles. The Hall–Kier alpha value is -0.670. The van der Waals surface area contributed by atoms with Gasteiger partial charge in [-0.15, -0.1) is 0 Å². The third-order valence-corrected chi connectivity index (χ3v) is 3.73. The highest BCUT2D eigenvalue weighted by molar-refractivity contribution is 5.72. The van der Waals surface area contributed by atoms with Crippen LogP contribution >= 0.6 is 0 Å². The number of likely N-dealkylation sites (tertiary alicyclic amines) is 1. The van der Waals surface area contributed by atoms with Crippen molar-refractivity contribution in [2.45, 2.75) is 31.7 Å². The van der Waals surface area contributed by atoms with Gasteiger partial charge in [0.2, 0.25) is 0 Å². The Morgan fingerprint density at radius 1 is 1.31 bits per heavy atom. The Morgan fingerprint density at radius 2 is 2.12 bits per heavy atom. The summed E-state index contributed by atoms with van der Waals surface area (Å²) in [6.45, 7) is 4.47. The minimum atomic E-state index is 0.557. The Labute approximate surface area is 98.4 Å². The lowest BCUT2D eigenvalue weighted by Gasteiger charge is -2.34. The minimum absolute atomic E-state index is 0.557. The van der Waals surface area contributed by atoms with Gasteiger partial charge in [-0.25, -0.2) is 0 Å². The number of piperidine rings is 1. The highest BCUT2D eigenvalue weighted by atomic mass is 15.1. The van der Waals surface area contributed by atoms with Gasteiger partial charge in [0, 0.05) is 6.21 Å². The molecule has 0 aliphatic carbocycles. The third-order valence-electron chi connectivity index (χ3n) is 3.73. The second-order valence-electron chi connectivity index (χ2n) is 4.85. The molecule has 0 saturated carbocycles. The molecule has 2 N–H and O–H groups in total. The maximum Gasteiger partial charge on any atom is 0.0563 e. The van der Waals surface area contributed by atoms with Gasteiger partial charge in [0.05, 0.1) is 6.04 Å².